The molecule has 6 amide bonds. The van der Waals surface area contributed by atoms with Crippen molar-refractivity contribution in [2.45, 2.75) is 26.9 Å². The standard InChI is InChI=1S/C33H34N6O6/c1-21-14-16-26(36-30(40)34-24-10-6-4-7-11-24)18-28(21)38-32(42)44-20-23(3)45-33(43)39-29-19-27(17-15-22(29)2)37-31(41)35-25-12-8-5-9-13-25/h4-19,23H,20H2,1-3H3,(H,38,42)(H,39,43)(H2,34,36,40)(H2,35,37,41). The van der Waals surface area contributed by atoms with E-state index in [9.17, 15) is 19.2 Å². The maximum Gasteiger partial charge on any atom is 0.412 e. The fourth-order valence-corrected chi connectivity index (χ4v) is 3.99. The molecular weight excluding hydrogens is 576 g/mol. The SMILES string of the molecule is Cc1ccc(NC(=O)Nc2ccccc2)cc1NC(=O)OCC(C)OC(=O)Nc1cc(NC(=O)Nc2ccccc2)ccc1C. The number of hydrogen-bond acceptors (Lipinski definition) is 6. The highest BCUT2D eigenvalue weighted by Crippen LogP contribution is 2.22. The van der Waals surface area contributed by atoms with Crippen LogP contribution in [0.15, 0.2) is 97.1 Å². The smallest absolute Gasteiger partial charge is 0.412 e. The van der Waals surface area contributed by atoms with Gasteiger partial charge in [0.1, 0.15) is 12.7 Å². The van der Waals surface area contributed by atoms with Crippen LogP contribution in [0.1, 0.15) is 18.1 Å². The molecule has 1 atom stereocenters. The van der Waals surface area contributed by atoms with E-state index in [4.69, 9.17) is 9.47 Å². The van der Waals surface area contributed by atoms with Gasteiger partial charge in [0.25, 0.3) is 0 Å². The van der Waals surface area contributed by atoms with Crippen LogP contribution >= 0.6 is 0 Å². The van der Waals surface area contributed by atoms with Crippen molar-refractivity contribution in [1.82, 2.24) is 0 Å². The van der Waals surface area contributed by atoms with Gasteiger partial charge in [0.2, 0.25) is 0 Å². The average Bonchev–Trinajstić information content (AvgIpc) is 3.00. The van der Waals surface area contributed by atoms with Crippen LogP contribution in [0, 0.1) is 13.8 Å². The minimum atomic E-state index is -0.773. The zero-order valence-corrected chi connectivity index (χ0v) is 25.0. The van der Waals surface area contributed by atoms with Crippen LogP contribution in [0.2, 0.25) is 0 Å². The number of benzene rings is 4. The number of carbonyl (C=O) groups is 4. The molecule has 0 saturated carbocycles. The molecule has 4 aromatic carbocycles. The molecule has 0 spiro atoms. The second-order valence-electron chi connectivity index (χ2n) is 10.0. The fourth-order valence-electron chi connectivity index (χ4n) is 3.99. The minimum absolute atomic E-state index is 0.212. The van der Waals surface area contributed by atoms with Crippen LogP contribution in [-0.4, -0.2) is 37.0 Å². The summed E-state index contributed by atoms with van der Waals surface area (Å²) in [5.41, 5.74) is 4.56. The van der Waals surface area contributed by atoms with Gasteiger partial charge in [-0.15, -0.1) is 0 Å². The summed E-state index contributed by atoms with van der Waals surface area (Å²) in [4.78, 5) is 49.7. The lowest BCUT2D eigenvalue weighted by atomic mass is 10.2. The molecule has 4 aromatic rings. The summed E-state index contributed by atoms with van der Waals surface area (Å²) in [6, 6.07) is 27.2. The molecule has 232 valence electrons. The Bertz CT molecular complexity index is 1650. The van der Waals surface area contributed by atoms with Crippen molar-refractivity contribution in [1.29, 1.82) is 0 Å². The number of hydrogen-bond donors (Lipinski definition) is 6. The lowest BCUT2D eigenvalue weighted by Crippen LogP contribution is -2.27. The Morgan fingerprint density at radius 1 is 0.556 bits per heavy atom. The summed E-state index contributed by atoms with van der Waals surface area (Å²) in [5, 5.41) is 16.2. The molecule has 0 fully saturated rings. The van der Waals surface area contributed by atoms with E-state index >= 15 is 0 Å². The monoisotopic (exact) mass is 610 g/mol. The lowest BCUT2D eigenvalue weighted by molar-refractivity contribution is 0.0651. The molecule has 45 heavy (non-hydrogen) atoms. The van der Waals surface area contributed by atoms with Crippen LogP contribution in [0.4, 0.5) is 53.3 Å². The van der Waals surface area contributed by atoms with E-state index < -0.39 is 30.4 Å². The molecule has 0 aliphatic carbocycles. The predicted molar refractivity (Wildman–Crippen MR) is 175 cm³/mol. The van der Waals surface area contributed by atoms with Crippen LogP contribution in [0.5, 0.6) is 0 Å². The number of aryl methyl sites for hydroxylation is 2. The number of nitrogens with one attached hydrogen (secondary N) is 6. The van der Waals surface area contributed by atoms with Gasteiger partial charge >= 0.3 is 24.2 Å². The third-order valence-corrected chi connectivity index (χ3v) is 6.29. The number of anilines is 6. The maximum atomic E-state index is 12.5. The molecule has 12 heteroatoms. The summed E-state index contributed by atoms with van der Waals surface area (Å²) >= 11 is 0. The van der Waals surface area contributed by atoms with Gasteiger partial charge in [0.15, 0.2) is 0 Å². The quantitative estimate of drug-likeness (QED) is 0.114. The highest BCUT2D eigenvalue weighted by atomic mass is 16.6. The zero-order chi connectivity index (χ0) is 32.2. The number of ether oxygens (including phenoxy) is 2. The van der Waals surface area contributed by atoms with Gasteiger partial charge in [-0.3, -0.25) is 10.6 Å². The van der Waals surface area contributed by atoms with Crippen molar-refractivity contribution in [2.75, 3.05) is 38.5 Å². The van der Waals surface area contributed by atoms with Gasteiger partial charge in [-0.25, -0.2) is 19.2 Å². The van der Waals surface area contributed by atoms with E-state index in [0.29, 0.717) is 34.1 Å². The third-order valence-electron chi connectivity index (χ3n) is 6.29. The van der Waals surface area contributed by atoms with Gasteiger partial charge in [0.05, 0.1) is 0 Å². The Hall–Kier alpha value is -6.04. The summed E-state index contributed by atoms with van der Waals surface area (Å²) < 4.78 is 10.6. The number of rotatable bonds is 9. The summed E-state index contributed by atoms with van der Waals surface area (Å²) in [6.45, 7) is 4.95. The average molecular weight is 611 g/mol. The van der Waals surface area contributed by atoms with Crippen molar-refractivity contribution in [3.8, 4) is 0 Å². The van der Waals surface area contributed by atoms with E-state index in [-0.39, 0.29) is 6.61 Å². The number of amides is 6. The van der Waals surface area contributed by atoms with Gasteiger partial charge in [-0.2, -0.15) is 0 Å². The molecule has 0 saturated heterocycles. The van der Waals surface area contributed by atoms with Crippen molar-refractivity contribution >= 4 is 58.4 Å². The Labute approximate surface area is 260 Å². The predicted octanol–water partition coefficient (Wildman–Crippen LogP) is 7.78. The Kier molecular flexibility index (Phi) is 10.9. The van der Waals surface area contributed by atoms with Crippen molar-refractivity contribution in [3.63, 3.8) is 0 Å². The largest absolute Gasteiger partial charge is 0.445 e. The normalized spacial score (nSPS) is 10.9. The van der Waals surface area contributed by atoms with Gasteiger partial charge < -0.3 is 30.7 Å². The van der Waals surface area contributed by atoms with Crippen molar-refractivity contribution < 1.29 is 28.7 Å². The molecule has 0 radical (unpaired) electrons. The highest BCUT2D eigenvalue weighted by molar-refractivity contribution is 6.01. The van der Waals surface area contributed by atoms with Crippen molar-refractivity contribution in [3.05, 3.63) is 108 Å². The Morgan fingerprint density at radius 3 is 1.44 bits per heavy atom. The van der Waals surface area contributed by atoms with Crippen molar-refractivity contribution in [2.24, 2.45) is 0 Å². The molecule has 0 heterocycles. The minimum Gasteiger partial charge on any atom is -0.445 e. The first-order valence-corrected chi connectivity index (χ1v) is 14.0. The van der Waals surface area contributed by atoms with E-state index in [1.807, 2.05) is 36.4 Å². The molecular formula is C33H34N6O6. The van der Waals surface area contributed by atoms with E-state index in [0.717, 1.165) is 11.1 Å². The Morgan fingerprint density at radius 2 is 0.978 bits per heavy atom. The van der Waals surface area contributed by atoms with Crippen LogP contribution < -0.4 is 31.9 Å². The molecule has 0 bridgehead atoms. The summed E-state index contributed by atoms with van der Waals surface area (Å²) in [6.07, 6.45) is -2.29. The first-order chi connectivity index (χ1) is 21.6. The Balaban J connectivity index is 1.23. The van der Waals surface area contributed by atoms with Crippen LogP contribution in [-0.2, 0) is 9.47 Å². The molecule has 0 aliphatic heterocycles. The van der Waals surface area contributed by atoms with E-state index in [1.165, 1.54) is 0 Å². The number of carbonyl (C=O) groups excluding carboxylic acids is 4. The topological polar surface area (TPSA) is 159 Å². The van der Waals surface area contributed by atoms with Gasteiger partial charge in [-0.05, 0) is 80.4 Å². The first-order valence-electron chi connectivity index (χ1n) is 14.0. The number of urea groups is 2. The van der Waals surface area contributed by atoms with E-state index in [1.54, 1.807) is 81.4 Å². The molecule has 0 aliphatic rings. The van der Waals surface area contributed by atoms with Crippen LogP contribution in [0.25, 0.3) is 0 Å². The van der Waals surface area contributed by atoms with Gasteiger partial charge in [-0.1, -0.05) is 48.5 Å². The highest BCUT2D eigenvalue weighted by Gasteiger charge is 2.15. The first kappa shape index (κ1) is 31.9. The molecule has 6 N–H and O–H groups in total. The van der Waals surface area contributed by atoms with Crippen LogP contribution in [0.3, 0.4) is 0 Å². The summed E-state index contributed by atoms with van der Waals surface area (Å²) in [7, 11) is 0. The fraction of sp³-hybridized carbons (Fsp3) is 0.152. The lowest BCUT2D eigenvalue weighted by Gasteiger charge is -2.16. The molecule has 4 rings (SSSR count). The molecule has 0 aromatic heterocycles. The van der Waals surface area contributed by atoms with Gasteiger partial charge in [0, 0.05) is 34.1 Å². The zero-order valence-electron chi connectivity index (χ0n) is 25.0. The third kappa shape index (κ3) is 10.3. The summed E-state index contributed by atoms with van der Waals surface area (Å²) in [5.74, 6) is 0. The molecule has 12 nitrogen and oxygen atoms in total. The second kappa shape index (κ2) is 15.4. The maximum absolute atomic E-state index is 12.5. The second-order valence-corrected chi connectivity index (χ2v) is 10.0. The van der Waals surface area contributed by atoms with E-state index in [2.05, 4.69) is 31.9 Å². The molecule has 1 unspecified atom stereocenters. The number of para-hydroxylation sites is 2.